The van der Waals surface area contributed by atoms with Crippen molar-refractivity contribution in [2.75, 3.05) is 18.5 Å². The van der Waals surface area contributed by atoms with Crippen molar-refractivity contribution < 1.29 is 19.0 Å². The first-order chi connectivity index (χ1) is 11.5. The van der Waals surface area contributed by atoms with Crippen molar-refractivity contribution in [1.82, 2.24) is 0 Å². The molecule has 1 N–H and O–H groups in total. The van der Waals surface area contributed by atoms with E-state index in [0.29, 0.717) is 46.2 Å². The Hall–Kier alpha value is -2.11. The van der Waals surface area contributed by atoms with Gasteiger partial charge in [-0.25, -0.2) is 0 Å². The molecular weight excluding hydrogens is 353 g/mol. The van der Waals surface area contributed by atoms with E-state index in [-0.39, 0.29) is 5.91 Å². The van der Waals surface area contributed by atoms with Crippen LogP contribution in [0, 0.1) is 0 Å². The van der Waals surface area contributed by atoms with E-state index >= 15 is 0 Å². The summed E-state index contributed by atoms with van der Waals surface area (Å²) >= 11 is 11.9. The largest absolute Gasteiger partial charge is 0.486 e. The standard InChI is InChI=1S/C17H15Cl2NO4/c1-10(24-14-4-2-11(18)8-13(14)19)17(21)20-12-3-5-15-16(9-12)23-7-6-22-15/h2-5,8-10H,6-7H2,1H3,(H,20,21). The van der Waals surface area contributed by atoms with Crippen LogP contribution in [0.25, 0.3) is 0 Å². The van der Waals surface area contributed by atoms with Gasteiger partial charge < -0.3 is 19.5 Å². The Kier molecular flexibility index (Phi) is 5.02. The van der Waals surface area contributed by atoms with E-state index in [4.69, 9.17) is 37.4 Å². The van der Waals surface area contributed by atoms with Crippen molar-refractivity contribution >= 4 is 34.8 Å². The summed E-state index contributed by atoms with van der Waals surface area (Å²) in [4.78, 5) is 12.3. The highest BCUT2D eigenvalue weighted by Gasteiger charge is 2.18. The summed E-state index contributed by atoms with van der Waals surface area (Å²) in [5.41, 5.74) is 0.599. The van der Waals surface area contributed by atoms with Gasteiger partial charge in [-0.3, -0.25) is 4.79 Å². The van der Waals surface area contributed by atoms with Crippen molar-refractivity contribution in [1.29, 1.82) is 0 Å². The third kappa shape index (κ3) is 3.86. The lowest BCUT2D eigenvalue weighted by molar-refractivity contribution is -0.122. The number of hydrogen-bond acceptors (Lipinski definition) is 4. The Labute approximate surface area is 149 Å². The normalized spacial score (nSPS) is 14.0. The number of hydrogen-bond donors (Lipinski definition) is 1. The molecule has 0 fully saturated rings. The Morgan fingerprint density at radius 1 is 1.12 bits per heavy atom. The number of ether oxygens (including phenoxy) is 3. The molecule has 2 aromatic carbocycles. The van der Waals surface area contributed by atoms with Gasteiger partial charge in [-0.2, -0.15) is 0 Å². The topological polar surface area (TPSA) is 56.8 Å². The van der Waals surface area contributed by atoms with E-state index in [1.54, 1.807) is 43.3 Å². The highest BCUT2D eigenvalue weighted by Crippen LogP contribution is 2.33. The summed E-state index contributed by atoms with van der Waals surface area (Å²) in [6.07, 6.45) is -0.739. The van der Waals surface area contributed by atoms with Gasteiger partial charge in [0.15, 0.2) is 17.6 Å². The second-order valence-electron chi connectivity index (χ2n) is 5.18. The van der Waals surface area contributed by atoms with E-state index in [2.05, 4.69) is 5.32 Å². The number of halogens is 2. The lowest BCUT2D eigenvalue weighted by atomic mass is 10.2. The minimum atomic E-state index is -0.739. The number of nitrogens with one attached hydrogen (secondary N) is 1. The summed E-state index contributed by atoms with van der Waals surface area (Å²) < 4.78 is 16.5. The van der Waals surface area contributed by atoms with E-state index in [1.165, 1.54) is 0 Å². The van der Waals surface area contributed by atoms with E-state index < -0.39 is 6.10 Å². The zero-order valence-corrected chi connectivity index (χ0v) is 14.4. The van der Waals surface area contributed by atoms with Crippen molar-refractivity contribution in [3.05, 3.63) is 46.4 Å². The average molecular weight is 368 g/mol. The van der Waals surface area contributed by atoms with Crippen LogP contribution in [0.1, 0.15) is 6.92 Å². The Balaban J connectivity index is 1.65. The fraction of sp³-hybridized carbons (Fsp3) is 0.235. The number of amides is 1. The Morgan fingerprint density at radius 3 is 2.62 bits per heavy atom. The molecule has 1 heterocycles. The Morgan fingerprint density at radius 2 is 1.88 bits per heavy atom. The summed E-state index contributed by atoms with van der Waals surface area (Å²) in [5, 5.41) is 3.62. The third-order valence-electron chi connectivity index (χ3n) is 3.38. The quantitative estimate of drug-likeness (QED) is 0.880. The molecule has 0 aromatic heterocycles. The lowest BCUT2D eigenvalue weighted by Crippen LogP contribution is -2.30. The summed E-state index contributed by atoms with van der Waals surface area (Å²) in [6.45, 7) is 2.64. The van der Waals surface area contributed by atoms with Gasteiger partial charge >= 0.3 is 0 Å². The van der Waals surface area contributed by atoms with Crippen LogP contribution >= 0.6 is 23.2 Å². The maximum atomic E-state index is 12.3. The SMILES string of the molecule is CC(Oc1ccc(Cl)cc1Cl)C(=O)Nc1ccc2c(c1)OCCO2. The average Bonchev–Trinajstić information content (AvgIpc) is 2.57. The molecule has 0 aliphatic carbocycles. The second kappa shape index (κ2) is 7.20. The molecule has 0 spiro atoms. The van der Waals surface area contributed by atoms with Gasteiger partial charge in [0.25, 0.3) is 5.91 Å². The third-order valence-corrected chi connectivity index (χ3v) is 3.91. The highest BCUT2D eigenvalue weighted by atomic mass is 35.5. The molecule has 1 atom stereocenters. The summed E-state index contributed by atoms with van der Waals surface area (Å²) in [5.74, 6) is 1.36. The molecule has 1 unspecified atom stereocenters. The molecule has 0 bridgehead atoms. The maximum absolute atomic E-state index is 12.3. The van der Waals surface area contributed by atoms with Crippen LogP contribution in [0.15, 0.2) is 36.4 Å². The minimum absolute atomic E-state index is 0.308. The molecule has 2 aromatic rings. The fourth-order valence-electron chi connectivity index (χ4n) is 2.18. The van der Waals surface area contributed by atoms with Crippen LogP contribution in [-0.2, 0) is 4.79 Å². The molecule has 1 aliphatic rings. The summed E-state index contributed by atoms with van der Waals surface area (Å²) in [7, 11) is 0. The maximum Gasteiger partial charge on any atom is 0.265 e. The van der Waals surface area contributed by atoms with Crippen molar-refractivity contribution in [3.63, 3.8) is 0 Å². The smallest absolute Gasteiger partial charge is 0.265 e. The molecule has 0 saturated carbocycles. The van der Waals surface area contributed by atoms with Gasteiger partial charge in [-0.15, -0.1) is 0 Å². The van der Waals surface area contributed by atoms with Crippen molar-refractivity contribution in [3.8, 4) is 17.2 Å². The Bertz CT molecular complexity index is 766. The van der Waals surface area contributed by atoms with Crippen molar-refractivity contribution in [2.45, 2.75) is 13.0 Å². The van der Waals surface area contributed by atoms with Crippen LogP contribution in [0.3, 0.4) is 0 Å². The van der Waals surface area contributed by atoms with Gasteiger partial charge in [0.2, 0.25) is 0 Å². The molecule has 126 valence electrons. The molecule has 1 amide bonds. The molecule has 7 heteroatoms. The monoisotopic (exact) mass is 367 g/mol. The number of carbonyl (C=O) groups is 1. The molecule has 3 rings (SSSR count). The molecule has 0 saturated heterocycles. The summed E-state index contributed by atoms with van der Waals surface area (Å²) in [6, 6.07) is 10.0. The zero-order valence-electron chi connectivity index (χ0n) is 12.8. The molecule has 5 nitrogen and oxygen atoms in total. The second-order valence-corrected chi connectivity index (χ2v) is 6.03. The molecule has 0 radical (unpaired) electrons. The van der Waals surface area contributed by atoms with Crippen molar-refractivity contribution in [2.24, 2.45) is 0 Å². The number of benzene rings is 2. The molecular formula is C17H15Cl2NO4. The number of rotatable bonds is 4. The zero-order chi connectivity index (χ0) is 17.1. The predicted octanol–water partition coefficient (Wildman–Crippen LogP) is 4.17. The molecule has 24 heavy (non-hydrogen) atoms. The predicted molar refractivity (Wildman–Crippen MR) is 92.6 cm³/mol. The highest BCUT2D eigenvalue weighted by molar-refractivity contribution is 6.35. The molecule has 1 aliphatic heterocycles. The van der Waals surface area contributed by atoms with Gasteiger partial charge in [0, 0.05) is 16.8 Å². The number of carbonyl (C=O) groups excluding carboxylic acids is 1. The minimum Gasteiger partial charge on any atom is -0.486 e. The van der Waals surface area contributed by atoms with Crippen LogP contribution < -0.4 is 19.5 Å². The van der Waals surface area contributed by atoms with Gasteiger partial charge in [0.1, 0.15) is 19.0 Å². The fourth-order valence-corrected chi connectivity index (χ4v) is 2.63. The number of fused-ring (bicyclic) bond motifs is 1. The van der Waals surface area contributed by atoms with Crippen LogP contribution in [-0.4, -0.2) is 25.2 Å². The lowest BCUT2D eigenvalue weighted by Gasteiger charge is -2.20. The van der Waals surface area contributed by atoms with Gasteiger partial charge in [-0.05, 0) is 37.3 Å². The van der Waals surface area contributed by atoms with E-state index in [0.717, 1.165) is 0 Å². The first kappa shape index (κ1) is 16.7. The van der Waals surface area contributed by atoms with Gasteiger partial charge in [0.05, 0.1) is 5.02 Å². The first-order valence-electron chi connectivity index (χ1n) is 7.35. The van der Waals surface area contributed by atoms with Gasteiger partial charge in [-0.1, -0.05) is 23.2 Å². The van der Waals surface area contributed by atoms with E-state index in [9.17, 15) is 4.79 Å². The number of anilines is 1. The van der Waals surface area contributed by atoms with Crippen LogP contribution in [0.5, 0.6) is 17.2 Å². The van der Waals surface area contributed by atoms with E-state index in [1.807, 2.05) is 0 Å². The first-order valence-corrected chi connectivity index (χ1v) is 8.11. The van der Waals surface area contributed by atoms with Crippen LogP contribution in [0.4, 0.5) is 5.69 Å². The van der Waals surface area contributed by atoms with Crippen LogP contribution in [0.2, 0.25) is 10.0 Å².